The molecule has 6 nitrogen and oxygen atoms in total. The van der Waals surface area contributed by atoms with Gasteiger partial charge in [0, 0.05) is 32.2 Å². The highest BCUT2D eigenvalue weighted by atomic mass is 35.5. The molecule has 1 aromatic heterocycles. The molecule has 1 N–H and O–H groups in total. The van der Waals surface area contributed by atoms with E-state index in [1.165, 1.54) is 0 Å². The molecular weight excluding hydrogens is 252 g/mol. The predicted octanol–water partition coefficient (Wildman–Crippen LogP) is 1.10. The van der Waals surface area contributed by atoms with Crippen molar-refractivity contribution >= 4 is 23.5 Å². The summed E-state index contributed by atoms with van der Waals surface area (Å²) in [6, 6.07) is 0.372. The van der Waals surface area contributed by atoms with Gasteiger partial charge < -0.3 is 15.1 Å². The molecule has 100 valence electrons. The van der Waals surface area contributed by atoms with Crippen LogP contribution >= 0.6 is 11.6 Å². The van der Waals surface area contributed by atoms with Crippen LogP contribution in [0, 0.1) is 0 Å². The third kappa shape index (κ3) is 3.00. The number of likely N-dealkylation sites (N-methyl/N-ethyl adjacent to an activating group) is 1. The lowest BCUT2D eigenvalue weighted by atomic mass is 10.2. The Hall–Kier alpha value is -1.14. The zero-order chi connectivity index (χ0) is 13.1. The average Bonchev–Trinajstić information content (AvgIpc) is 2.28. The lowest BCUT2D eigenvalue weighted by Crippen LogP contribution is -2.51. The van der Waals surface area contributed by atoms with E-state index in [9.17, 15) is 0 Å². The van der Waals surface area contributed by atoms with Gasteiger partial charge >= 0.3 is 0 Å². The Kier molecular flexibility index (Phi) is 4.19. The molecule has 2 heterocycles. The van der Waals surface area contributed by atoms with Crippen molar-refractivity contribution in [2.75, 3.05) is 43.4 Å². The molecule has 0 bridgehead atoms. The van der Waals surface area contributed by atoms with Crippen molar-refractivity contribution in [2.24, 2.45) is 0 Å². The highest BCUT2D eigenvalue weighted by Crippen LogP contribution is 2.18. The number of rotatable bonds is 3. The Bertz CT molecular complexity index is 413. The summed E-state index contributed by atoms with van der Waals surface area (Å²) < 4.78 is 0. The lowest BCUT2D eigenvalue weighted by Gasteiger charge is -2.38. The summed E-state index contributed by atoms with van der Waals surface area (Å²) in [7, 11) is 2.12. The molecule has 1 unspecified atom stereocenters. The van der Waals surface area contributed by atoms with Gasteiger partial charge in [0.1, 0.15) is 0 Å². The van der Waals surface area contributed by atoms with Crippen molar-refractivity contribution in [1.29, 1.82) is 0 Å². The third-order valence-electron chi connectivity index (χ3n) is 3.02. The van der Waals surface area contributed by atoms with Crippen LogP contribution < -0.4 is 10.2 Å². The van der Waals surface area contributed by atoms with Crippen LogP contribution in [0.15, 0.2) is 0 Å². The van der Waals surface area contributed by atoms with Gasteiger partial charge in [-0.15, -0.1) is 0 Å². The molecule has 1 aliphatic rings. The van der Waals surface area contributed by atoms with Crippen LogP contribution in [-0.2, 0) is 0 Å². The van der Waals surface area contributed by atoms with Gasteiger partial charge in [-0.3, -0.25) is 0 Å². The van der Waals surface area contributed by atoms with Gasteiger partial charge in [0.25, 0.3) is 0 Å². The number of nitrogens with zero attached hydrogens (tertiary/aromatic N) is 5. The maximum Gasteiger partial charge on any atom is 0.231 e. The number of nitrogens with one attached hydrogen (secondary N) is 1. The predicted molar refractivity (Wildman–Crippen MR) is 73.3 cm³/mol. The van der Waals surface area contributed by atoms with Crippen molar-refractivity contribution in [1.82, 2.24) is 19.9 Å². The van der Waals surface area contributed by atoms with Crippen LogP contribution in [0.5, 0.6) is 0 Å². The zero-order valence-corrected chi connectivity index (χ0v) is 11.8. The number of hydrogen-bond donors (Lipinski definition) is 1. The van der Waals surface area contributed by atoms with Crippen LogP contribution in [0.4, 0.5) is 11.9 Å². The van der Waals surface area contributed by atoms with E-state index in [4.69, 9.17) is 11.6 Å². The molecular formula is C11H19ClN6. The second kappa shape index (κ2) is 5.67. The molecule has 1 aromatic rings. The van der Waals surface area contributed by atoms with Crippen LogP contribution in [0.3, 0.4) is 0 Å². The van der Waals surface area contributed by atoms with Gasteiger partial charge in [0.05, 0.1) is 0 Å². The Balaban J connectivity index is 2.21. The van der Waals surface area contributed by atoms with Crippen molar-refractivity contribution in [2.45, 2.75) is 19.9 Å². The fourth-order valence-electron chi connectivity index (χ4n) is 2.14. The minimum absolute atomic E-state index is 0.238. The monoisotopic (exact) mass is 270 g/mol. The second-order valence-electron chi connectivity index (χ2n) is 4.56. The summed E-state index contributed by atoms with van der Waals surface area (Å²) in [5.74, 6) is 1.20. The summed E-state index contributed by atoms with van der Waals surface area (Å²) in [5.41, 5.74) is 0. The zero-order valence-electron chi connectivity index (χ0n) is 11.0. The molecule has 0 radical (unpaired) electrons. The normalized spacial score (nSPS) is 21.1. The van der Waals surface area contributed by atoms with E-state index in [1.807, 2.05) is 6.92 Å². The number of piperazine rings is 1. The van der Waals surface area contributed by atoms with Crippen molar-refractivity contribution < 1.29 is 0 Å². The number of halogens is 1. The first-order chi connectivity index (χ1) is 8.60. The van der Waals surface area contributed by atoms with Crippen LogP contribution in [-0.4, -0.2) is 59.1 Å². The van der Waals surface area contributed by atoms with Crippen molar-refractivity contribution in [3.63, 3.8) is 0 Å². The topological polar surface area (TPSA) is 57.2 Å². The standard InChI is InChI=1S/C11H19ClN6/c1-4-13-10-14-9(12)15-11(16-10)18-6-5-17(3)7-8(18)2/h8H,4-7H2,1-3H3,(H,13,14,15,16). The van der Waals surface area contributed by atoms with Gasteiger partial charge in [-0.1, -0.05) is 0 Å². The average molecular weight is 271 g/mol. The fourth-order valence-corrected chi connectivity index (χ4v) is 2.30. The first-order valence-corrected chi connectivity index (χ1v) is 6.58. The van der Waals surface area contributed by atoms with E-state index in [-0.39, 0.29) is 5.28 Å². The molecule has 2 rings (SSSR count). The molecule has 1 aliphatic heterocycles. The molecule has 18 heavy (non-hydrogen) atoms. The molecule has 0 spiro atoms. The highest BCUT2D eigenvalue weighted by molar-refractivity contribution is 6.28. The van der Waals surface area contributed by atoms with E-state index in [0.29, 0.717) is 17.9 Å². The van der Waals surface area contributed by atoms with Crippen LogP contribution in [0.1, 0.15) is 13.8 Å². The van der Waals surface area contributed by atoms with Crippen LogP contribution in [0.2, 0.25) is 5.28 Å². The SMILES string of the molecule is CCNc1nc(Cl)nc(N2CCN(C)CC2C)n1. The molecule has 0 amide bonds. The van der Waals surface area contributed by atoms with E-state index in [2.05, 4.69) is 44.0 Å². The Morgan fingerprint density at radius 2 is 2.11 bits per heavy atom. The van der Waals surface area contributed by atoms with Crippen LogP contribution in [0.25, 0.3) is 0 Å². The summed E-state index contributed by atoms with van der Waals surface area (Å²) in [6.45, 7) is 7.84. The summed E-state index contributed by atoms with van der Waals surface area (Å²) in [5, 5.41) is 3.31. The Labute approximate surface area is 112 Å². The van der Waals surface area contributed by atoms with Gasteiger partial charge in [0.2, 0.25) is 17.2 Å². The molecule has 0 aliphatic carbocycles. The lowest BCUT2D eigenvalue weighted by molar-refractivity contribution is 0.273. The van der Waals surface area contributed by atoms with Gasteiger partial charge in [-0.2, -0.15) is 15.0 Å². The van der Waals surface area contributed by atoms with Gasteiger partial charge in [0.15, 0.2) is 0 Å². The molecule has 0 saturated carbocycles. The van der Waals surface area contributed by atoms with E-state index in [1.54, 1.807) is 0 Å². The minimum atomic E-state index is 0.238. The molecule has 1 saturated heterocycles. The van der Waals surface area contributed by atoms with E-state index >= 15 is 0 Å². The Morgan fingerprint density at radius 1 is 1.33 bits per heavy atom. The molecule has 7 heteroatoms. The smallest absolute Gasteiger partial charge is 0.231 e. The first-order valence-electron chi connectivity index (χ1n) is 6.20. The van der Waals surface area contributed by atoms with Gasteiger partial charge in [-0.05, 0) is 32.5 Å². The van der Waals surface area contributed by atoms with Crippen molar-refractivity contribution in [3.05, 3.63) is 5.28 Å². The maximum atomic E-state index is 5.94. The van der Waals surface area contributed by atoms with Crippen molar-refractivity contribution in [3.8, 4) is 0 Å². The molecule has 0 aromatic carbocycles. The second-order valence-corrected chi connectivity index (χ2v) is 4.90. The summed E-state index contributed by atoms with van der Waals surface area (Å²) >= 11 is 5.94. The quantitative estimate of drug-likeness (QED) is 0.888. The summed E-state index contributed by atoms with van der Waals surface area (Å²) in [6.07, 6.45) is 0. The number of hydrogen-bond acceptors (Lipinski definition) is 6. The summed E-state index contributed by atoms with van der Waals surface area (Å²) in [4.78, 5) is 17.2. The van der Waals surface area contributed by atoms with E-state index < -0.39 is 0 Å². The van der Waals surface area contributed by atoms with Gasteiger partial charge in [-0.25, -0.2) is 0 Å². The molecule has 1 fully saturated rings. The maximum absolute atomic E-state index is 5.94. The first kappa shape index (κ1) is 13.3. The fraction of sp³-hybridized carbons (Fsp3) is 0.727. The third-order valence-corrected chi connectivity index (χ3v) is 3.19. The minimum Gasteiger partial charge on any atom is -0.354 e. The molecule has 1 atom stereocenters. The van der Waals surface area contributed by atoms with E-state index in [0.717, 1.165) is 26.2 Å². The number of aromatic nitrogens is 3. The number of anilines is 2. The highest BCUT2D eigenvalue weighted by Gasteiger charge is 2.24. The largest absolute Gasteiger partial charge is 0.354 e. The Morgan fingerprint density at radius 3 is 2.78 bits per heavy atom.